The molecule has 1 saturated carbocycles. The van der Waals surface area contributed by atoms with E-state index in [1.807, 2.05) is 0 Å². The summed E-state index contributed by atoms with van der Waals surface area (Å²) in [5.74, 6) is 0.0701. The molecule has 1 aliphatic carbocycles. The lowest BCUT2D eigenvalue weighted by molar-refractivity contribution is -0.125. The number of hydrogen-bond donors (Lipinski definition) is 2. The van der Waals surface area contributed by atoms with Crippen molar-refractivity contribution >= 4 is 56.4 Å². The molecule has 3 aliphatic rings. The second kappa shape index (κ2) is 15.0. The highest BCUT2D eigenvalue weighted by atomic mass is 35.5. The van der Waals surface area contributed by atoms with E-state index in [2.05, 4.69) is 45.9 Å². The van der Waals surface area contributed by atoms with Crippen LogP contribution in [0.15, 0.2) is 77.7 Å². The highest BCUT2D eigenvalue weighted by Crippen LogP contribution is 2.39. The standard InChI is InChI=1S/C36H42Cl2N4O4S/c37-29-18-17-28(22-30(29)38)47(45,46)42-33-11-5-4-10-31(33)40-36(44)34(42)23-35(43)39-24-26-12-15-27(16-13-26)32(41-20-6-7-21-41)19-14-25-8-2-1-3-9-25/h1-5,8-11,17-18,22,26-27,32,34H,6-7,12-16,19-21,23-24H2,(H,39,43)(H,40,44). The number of fused-ring (bicyclic) bond motifs is 1. The molecule has 2 N–H and O–H groups in total. The van der Waals surface area contributed by atoms with Crippen molar-refractivity contribution in [1.82, 2.24) is 10.2 Å². The van der Waals surface area contributed by atoms with Crippen LogP contribution >= 0.6 is 23.2 Å². The van der Waals surface area contributed by atoms with Gasteiger partial charge >= 0.3 is 0 Å². The van der Waals surface area contributed by atoms with Crippen LogP contribution in [0.2, 0.25) is 10.0 Å². The molecular weight excluding hydrogens is 655 g/mol. The Labute approximate surface area is 287 Å². The predicted octanol–water partition coefficient (Wildman–Crippen LogP) is 6.92. The third kappa shape index (κ3) is 7.80. The van der Waals surface area contributed by atoms with Crippen LogP contribution in [-0.2, 0) is 26.0 Å². The zero-order valence-electron chi connectivity index (χ0n) is 26.4. The van der Waals surface area contributed by atoms with E-state index in [4.69, 9.17) is 23.2 Å². The number of amides is 2. The van der Waals surface area contributed by atoms with Crippen LogP contribution < -0.4 is 14.9 Å². The molecule has 2 fully saturated rings. The third-order valence-corrected chi connectivity index (χ3v) is 12.6. The smallest absolute Gasteiger partial charge is 0.265 e. The largest absolute Gasteiger partial charge is 0.356 e. The maximum absolute atomic E-state index is 14.0. The molecule has 3 aromatic rings. The van der Waals surface area contributed by atoms with Gasteiger partial charge in [-0.25, -0.2) is 8.42 Å². The van der Waals surface area contributed by atoms with Gasteiger partial charge in [0.1, 0.15) is 6.04 Å². The summed E-state index contributed by atoms with van der Waals surface area (Å²) in [5.41, 5.74) is 2.03. The first-order valence-electron chi connectivity index (χ1n) is 16.6. The Hall–Kier alpha value is -3.11. The number of nitrogens with one attached hydrogen (secondary N) is 2. The van der Waals surface area contributed by atoms with Gasteiger partial charge in [-0.15, -0.1) is 0 Å². The van der Waals surface area contributed by atoms with Crippen molar-refractivity contribution in [1.29, 1.82) is 0 Å². The van der Waals surface area contributed by atoms with Gasteiger partial charge < -0.3 is 15.5 Å². The van der Waals surface area contributed by atoms with Crippen LogP contribution in [0.5, 0.6) is 0 Å². The number of sulfonamides is 1. The molecule has 1 saturated heterocycles. The first-order chi connectivity index (χ1) is 22.7. The van der Waals surface area contributed by atoms with E-state index in [1.54, 1.807) is 24.3 Å². The van der Waals surface area contributed by atoms with Gasteiger partial charge in [0, 0.05) is 12.6 Å². The second-order valence-corrected chi connectivity index (χ2v) is 15.7. The summed E-state index contributed by atoms with van der Waals surface area (Å²) in [6, 6.07) is 20.7. The van der Waals surface area contributed by atoms with E-state index in [-0.39, 0.29) is 33.0 Å². The number of likely N-dealkylation sites (tertiary alicyclic amines) is 1. The zero-order chi connectivity index (χ0) is 33.0. The molecule has 250 valence electrons. The number of carbonyl (C=O) groups is 2. The highest BCUT2D eigenvalue weighted by Gasteiger charge is 2.42. The van der Waals surface area contributed by atoms with Gasteiger partial charge in [-0.3, -0.25) is 13.9 Å². The molecule has 47 heavy (non-hydrogen) atoms. The Morgan fingerprint density at radius 2 is 1.62 bits per heavy atom. The minimum Gasteiger partial charge on any atom is -0.356 e. The van der Waals surface area contributed by atoms with Gasteiger partial charge in [0.25, 0.3) is 10.0 Å². The Kier molecular flexibility index (Phi) is 10.8. The zero-order valence-corrected chi connectivity index (χ0v) is 28.7. The Bertz CT molecular complexity index is 1680. The molecule has 6 rings (SSSR count). The van der Waals surface area contributed by atoms with Crippen LogP contribution in [-0.4, -0.2) is 56.9 Å². The summed E-state index contributed by atoms with van der Waals surface area (Å²) in [7, 11) is -4.28. The summed E-state index contributed by atoms with van der Waals surface area (Å²) < 4.78 is 29.0. The number of hydrogen-bond acceptors (Lipinski definition) is 5. The summed E-state index contributed by atoms with van der Waals surface area (Å²) in [5, 5.41) is 6.10. The molecule has 2 atom stereocenters. The monoisotopic (exact) mass is 696 g/mol. The van der Waals surface area contributed by atoms with Crippen molar-refractivity contribution in [3.63, 3.8) is 0 Å². The van der Waals surface area contributed by atoms with E-state index in [1.165, 1.54) is 56.1 Å². The second-order valence-electron chi connectivity index (χ2n) is 13.0. The fourth-order valence-electron chi connectivity index (χ4n) is 7.52. The van der Waals surface area contributed by atoms with Crippen LogP contribution in [0.1, 0.15) is 56.9 Å². The number of carbonyl (C=O) groups excluding carboxylic acids is 2. The molecule has 0 bridgehead atoms. The normalized spacial score (nSPS) is 22.4. The van der Waals surface area contributed by atoms with Gasteiger partial charge in [-0.1, -0.05) is 65.7 Å². The van der Waals surface area contributed by atoms with E-state index >= 15 is 0 Å². The van der Waals surface area contributed by atoms with Crippen molar-refractivity contribution in [2.24, 2.45) is 11.8 Å². The minimum absolute atomic E-state index is 0.0782. The van der Waals surface area contributed by atoms with Crippen molar-refractivity contribution in [3.05, 3.63) is 88.4 Å². The molecule has 2 amide bonds. The molecule has 2 aliphatic heterocycles. The SMILES string of the molecule is O=C(CC1C(=O)Nc2ccccc2N1S(=O)(=O)c1ccc(Cl)c(Cl)c1)NCC1CCC(C(CCc2ccccc2)N2CCCC2)CC1. The average Bonchev–Trinajstić information content (AvgIpc) is 3.61. The maximum Gasteiger partial charge on any atom is 0.265 e. The molecule has 0 radical (unpaired) electrons. The van der Waals surface area contributed by atoms with Crippen LogP contribution in [0, 0.1) is 11.8 Å². The molecule has 8 nitrogen and oxygen atoms in total. The lowest BCUT2D eigenvalue weighted by Crippen LogP contribution is -2.53. The summed E-state index contributed by atoms with van der Waals surface area (Å²) in [6.45, 7) is 2.88. The summed E-state index contributed by atoms with van der Waals surface area (Å²) in [6.07, 6.45) is 8.85. The summed E-state index contributed by atoms with van der Waals surface area (Å²) >= 11 is 12.2. The quantitative estimate of drug-likeness (QED) is 0.227. The summed E-state index contributed by atoms with van der Waals surface area (Å²) in [4.78, 5) is 29.2. The van der Waals surface area contributed by atoms with E-state index < -0.39 is 22.0 Å². The van der Waals surface area contributed by atoms with Crippen molar-refractivity contribution in [3.8, 4) is 0 Å². The fourth-order valence-corrected chi connectivity index (χ4v) is 9.54. The van der Waals surface area contributed by atoms with E-state index in [9.17, 15) is 18.0 Å². The topological polar surface area (TPSA) is 98.8 Å². The predicted molar refractivity (Wildman–Crippen MR) is 187 cm³/mol. The Morgan fingerprint density at radius 1 is 0.915 bits per heavy atom. The van der Waals surface area contributed by atoms with Gasteiger partial charge in [0.05, 0.1) is 32.7 Å². The number of halogens is 2. The van der Waals surface area contributed by atoms with Crippen molar-refractivity contribution in [2.75, 3.05) is 29.3 Å². The van der Waals surface area contributed by atoms with Gasteiger partial charge in [0.15, 0.2) is 0 Å². The average molecular weight is 698 g/mol. The molecular formula is C36H42Cl2N4O4S. The van der Waals surface area contributed by atoms with Crippen molar-refractivity contribution in [2.45, 2.75) is 74.8 Å². The highest BCUT2D eigenvalue weighted by molar-refractivity contribution is 7.93. The molecule has 2 unspecified atom stereocenters. The molecule has 11 heteroatoms. The van der Waals surface area contributed by atoms with Gasteiger partial charge in [-0.2, -0.15) is 0 Å². The number of anilines is 2. The van der Waals surface area contributed by atoms with Gasteiger partial charge in [-0.05, 0) is 112 Å². The number of benzene rings is 3. The number of aryl methyl sites for hydroxylation is 1. The minimum atomic E-state index is -4.28. The first kappa shape index (κ1) is 33.8. The number of para-hydroxylation sites is 2. The van der Waals surface area contributed by atoms with Gasteiger partial charge in [0.2, 0.25) is 11.8 Å². The number of nitrogens with zero attached hydrogens (tertiary/aromatic N) is 2. The lowest BCUT2D eigenvalue weighted by Gasteiger charge is -2.39. The van der Waals surface area contributed by atoms with E-state index in [0.717, 1.165) is 36.4 Å². The number of rotatable bonds is 11. The van der Waals surface area contributed by atoms with E-state index in [0.29, 0.717) is 30.1 Å². The molecule has 3 aromatic carbocycles. The Morgan fingerprint density at radius 3 is 2.34 bits per heavy atom. The third-order valence-electron chi connectivity index (χ3n) is 10.0. The fraction of sp³-hybridized carbons (Fsp3) is 0.444. The molecule has 0 spiro atoms. The maximum atomic E-state index is 14.0. The van der Waals surface area contributed by atoms with Crippen LogP contribution in [0.25, 0.3) is 0 Å². The van der Waals surface area contributed by atoms with Crippen LogP contribution in [0.4, 0.5) is 11.4 Å². The van der Waals surface area contributed by atoms with Crippen LogP contribution in [0.3, 0.4) is 0 Å². The van der Waals surface area contributed by atoms with Crippen molar-refractivity contribution < 1.29 is 18.0 Å². The lowest BCUT2D eigenvalue weighted by atomic mass is 9.76. The molecule has 0 aromatic heterocycles. The molecule has 2 heterocycles. The Balaban J connectivity index is 1.08. The first-order valence-corrected chi connectivity index (χ1v) is 18.8.